The number of aromatic hydroxyl groups is 1. The van der Waals surface area contributed by atoms with Crippen molar-refractivity contribution in [1.82, 2.24) is 0 Å². The number of sulfone groups is 1. The normalized spacial score (nSPS) is 11.4. The number of phenols is 1. The molecule has 0 aliphatic carbocycles. The van der Waals surface area contributed by atoms with Gasteiger partial charge >= 0.3 is 0 Å². The summed E-state index contributed by atoms with van der Waals surface area (Å²) in [6.07, 6.45) is 0. The molecule has 0 heterocycles. The zero-order valence-electron chi connectivity index (χ0n) is 8.97. The molecule has 2 rings (SSSR count). The first-order chi connectivity index (χ1) is 8.41. The van der Waals surface area contributed by atoms with E-state index in [1.807, 2.05) is 0 Å². The van der Waals surface area contributed by atoms with Crippen LogP contribution < -0.4 is 0 Å². The summed E-state index contributed by atoms with van der Waals surface area (Å²) in [5.74, 6) is -1.29. The van der Waals surface area contributed by atoms with Gasteiger partial charge in [-0.2, -0.15) is 0 Å². The predicted octanol–water partition coefficient (Wildman–Crippen LogP) is 3.13. The van der Waals surface area contributed by atoms with E-state index in [2.05, 4.69) is 15.9 Å². The Labute approximate surface area is 112 Å². The fraction of sp³-hybridized carbons (Fsp3) is 0. The summed E-state index contributed by atoms with van der Waals surface area (Å²) in [5.41, 5.74) is 0. The highest BCUT2D eigenvalue weighted by Crippen LogP contribution is 2.26. The predicted molar refractivity (Wildman–Crippen MR) is 67.7 cm³/mol. The fourth-order valence-electron chi connectivity index (χ4n) is 1.45. The lowest BCUT2D eigenvalue weighted by Crippen LogP contribution is -2.04. The molecule has 0 radical (unpaired) electrons. The van der Waals surface area contributed by atoms with Crippen LogP contribution in [-0.2, 0) is 9.84 Å². The van der Waals surface area contributed by atoms with Gasteiger partial charge in [0, 0.05) is 10.5 Å². The minimum atomic E-state index is -3.91. The second-order valence-electron chi connectivity index (χ2n) is 3.57. The maximum Gasteiger partial charge on any atom is 0.209 e. The smallest absolute Gasteiger partial charge is 0.209 e. The van der Waals surface area contributed by atoms with E-state index >= 15 is 0 Å². The summed E-state index contributed by atoms with van der Waals surface area (Å²) in [5, 5.41) is 9.07. The van der Waals surface area contributed by atoms with Crippen molar-refractivity contribution in [2.75, 3.05) is 0 Å². The molecule has 0 bridgehead atoms. The molecule has 0 atom stereocenters. The van der Waals surface area contributed by atoms with Gasteiger partial charge in [0.05, 0.1) is 4.90 Å². The molecule has 1 N–H and O–H groups in total. The molecule has 0 saturated heterocycles. The van der Waals surface area contributed by atoms with Crippen molar-refractivity contribution >= 4 is 25.8 Å². The van der Waals surface area contributed by atoms with E-state index in [0.717, 1.165) is 22.7 Å². The first-order valence-electron chi connectivity index (χ1n) is 4.90. The van der Waals surface area contributed by atoms with E-state index < -0.39 is 20.5 Å². The van der Waals surface area contributed by atoms with Gasteiger partial charge in [0.25, 0.3) is 0 Å². The molecule has 2 aromatic rings. The second-order valence-corrected chi connectivity index (χ2v) is 6.41. The summed E-state index contributed by atoms with van der Waals surface area (Å²) < 4.78 is 38.6. The lowest BCUT2D eigenvalue weighted by atomic mass is 10.3. The van der Waals surface area contributed by atoms with Crippen molar-refractivity contribution in [3.63, 3.8) is 0 Å². The first-order valence-corrected chi connectivity index (χ1v) is 7.18. The van der Waals surface area contributed by atoms with Gasteiger partial charge in [0.15, 0.2) is 0 Å². The number of benzene rings is 2. The van der Waals surface area contributed by atoms with E-state index in [1.54, 1.807) is 12.1 Å². The van der Waals surface area contributed by atoms with Crippen molar-refractivity contribution in [1.29, 1.82) is 0 Å². The quantitative estimate of drug-likeness (QED) is 0.920. The van der Waals surface area contributed by atoms with E-state index in [1.165, 1.54) is 12.1 Å². The summed E-state index contributed by atoms with van der Waals surface area (Å²) >= 11 is 3.19. The lowest BCUT2D eigenvalue weighted by molar-refractivity contribution is 0.466. The highest BCUT2D eigenvalue weighted by molar-refractivity contribution is 9.10. The van der Waals surface area contributed by atoms with Gasteiger partial charge in [-0.15, -0.1) is 0 Å². The Balaban J connectivity index is 2.58. The largest absolute Gasteiger partial charge is 0.508 e. The third kappa shape index (κ3) is 2.39. The first kappa shape index (κ1) is 13.0. The standard InChI is InChI=1S/C12H8BrFO3S/c13-8-1-4-10(5-2-8)18(16,17)12-6-3-9(15)7-11(12)14/h1-7,15H. The zero-order valence-corrected chi connectivity index (χ0v) is 11.4. The molecule has 0 saturated carbocycles. The van der Waals surface area contributed by atoms with Crippen molar-refractivity contribution in [2.24, 2.45) is 0 Å². The molecule has 0 amide bonds. The van der Waals surface area contributed by atoms with Crippen LogP contribution in [0.4, 0.5) is 4.39 Å². The molecule has 3 nitrogen and oxygen atoms in total. The summed E-state index contributed by atoms with van der Waals surface area (Å²) in [7, 11) is -3.91. The van der Waals surface area contributed by atoms with E-state index in [-0.39, 0.29) is 10.6 Å². The molecule has 0 fully saturated rings. The van der Waals surface area contributed by atoms with Crippen LogP contribution >= 0.6 is 15.9 Å². The Morgan fingerprint density at radius 3 is 2.22 bits per heavy atom. The van der Waals surface area contributed by atoms with Crippen molar-refractivity contribution in [3.8, 4) is 5.75 Å². The molecule has 0 aromatic heterocycles. The molecule has 0 spiro atoms. The van der Waals surface area contributed by atoms with E-state index in [4.69, 9.17) is 5.11 Å². The molecule has 94 valence electrons. The van der Waals surface area contributed by atoms with Crippen LogP contribution in [-0.4, -0.2) is 13.5 Å². The Kier molecular flexibility index (Phi) is 3.41. The third-order valence-electron chi connectivity index (χ3n) is 2.33. The van der Waals surface area contributed by atoms with Gasteiger partial charge in [0.2, 0.25) is 9.84 Å². The van der Waals surface area contributed by atoms with Gasteiger partial charge in [-0.05, 0) is 36.4 Å². The van der Waals surface area contributed by atoms with Crippen LogP contribution in [0, 0.1) is 5.82 Å². The van der Waals surface area contributed by atoms with Gasteiger partial charge in [-0.1, -0.05) is 15.9 Å². The molecule has 6 heteroatoms. The number of rotatable bonds is 2. The molecular weight excluding hydrogens is 323 g/mol. The molecule has 0 aliphatic rings. The maximum atomic E-state index is 13.6. The topological polar surface area (TPSA) is 54.4 Å². The Bertz CT molecular complexity index is 681. The van der Waals surface area contributed by atoms with Crippen LogP contribution in [0.25, 0.3) is 0 Å². The molecule has 0 aliphatic heterocycles. The van der Waals surface area contributed by atoms with Gasteiger partial charge < -0.3 is 5.11 Å². The monoisotopic (exact) mass is 330 g/mol. The second kappa shape index (κ2) is 4.70. The lowest BCUT2D eigenvalue weighted by Gasteiger charge is -2.06. The molecule has 2 aromatic carbocycles. The maximum absolute atomic E-state index is 13.6. The Hall–Kier alpha value is -1.40. The highest BCUT2D eigenvalue weighted by atomic mass is 79.9. The summed E-state index contributed by atoms with van der Waals surface area (Å²) in [6, 6.07) is 8.83. The number of halogens is 2. The fourth-order valence-corrected chi connectivity index (χ4v) is 3.02. The molecule has 18 heavy (non-hydrogen) atoms. The number of hydrogen-bond donors (Lipinski definition) is 1. The summed E-state index contributed by atoms with van der Waals surface area (Å²) in [4.78, 5) is -0.460. The van der Waals surface area contributed by atoms with E-state index in [0.29, 0.717) is 0 Å². The molecule has 0 unspecified atom stereocenters. The number of phenolic OH excluding ortho intramolecular Hbond substituents is 1. The Morgan fingerprint density at radius 2 is 1.67 bits per heavy atom. The van der Waals surface area contributed by atoms with Gasteiger partial charge in [-0.25, -0.2) is 12.8 Å². The molecular formula is C12H8BrFO3S. The van der Waals surface area contributed by atoms with E-state index in [9.17, 15) is 12.8 Å². The van der Waals surface area contributed by atoms with Crippen LogP contribution in [0.5, 0.6) is 5.75 Å². The van der Waals surface area contributed by atoms with Gasteiger partial charge in [0.1, 0.15) is 16.5 Å². The average Bonchev–Trinajstić information content (AvgIpc) is 2.29. The SMILES string of the molecule is O=S(=O)(c1ccc(Br)cc1)c1ccc(O)cc1F. The average molecular weight is 331 g/mol. The van der Waals surface area contributed by atoms with Crippen LogP contribution in [0.2, 0.25) is 0 Å². The van der Waals surface area contributed by atoms with Crippen molar-refractivity contribution in [2.45, 2.75) is 9.79 Å². The summed E-state index contributed by atoms with van der Waals surface area (Å²) in [6.45, 7) is 0. The van der Waals surface area contributed by atoms with Crippen molar-refractivity contribution < 1.29 is 17.9 Å². The van der Waals surface area contributed by atoms with Crippen LogP contribution in [0.15, 0.2) is 56.7 Å². The van der Waals surface area contributed by atoms with Gasteiger partial charge in [-0.3, -0.25) is 0 Å². The van der Waals surface area contributed by atoms with Crippen LogP contribution in [0.3, 0.4) is 0 Å². The highest BCUT2D eigenvalue weighted by Gasteiger charge is 2.21. The number of hydrogen-bond acceptors (Lipinski definition) is 3. The third-order valence-corrected chi connectivity index (χ3v) is 4.66. The zero-order chi connectivity index (χ0) is 13.3. The van der Waals surface area contributed by atoms with Crippen LogP contribution in [0.1, 0.15) is 0 Å². The minimum absolute atomic E-state index is 0.00436. The van der Waals surface area contributed by atoms with Crippen molar-refractivity contribution in [3.05, 3.63) is 52.8 Å². The Morgan fingerprint density at radius 1 is 1.06 bits per heavy atom. The minimum Gasteiger partial charge on any atom is -0.508 e.